The third-order valence-electron chi connectivity index (χ3n) is 2.55. The van der Waals surface area contributed by atoms with Crippen molar-refractivity contribution in [1.82, 2.24) is 9.80 Å². The quantitative estimate of drug-likeness (QED) is 0.717. The predicted molar refractivity (Wildman–Crippen MR) is 67.7 cm³/mol. The van der Waals surface area contributed by atoms with Crippen molar-refractivity contribution in [3.63, 3.8) is 0 Å². The normalized spacial score (nSPS) is 15.8. The number of rotatable bonds is 1. The average molecular weight is 255 g/mol. The molecule has 1 aromatic rings. The van der Waals surface area contributed by atoms with Crippen molar-refractivity contribution in [2.45, 2.75) is 0 Å². The highest BCUT2D eigenvalue weighted by Crippen LogP contribution is 2.15. The summed E-state index contributed by atoms with van der Waals surface area (Å²) in [5.74, 6) is -0.0639. The molecule has 2 rings (SSSR count). The molecule has 0 N–H and O–H groups in total. The third kappa shape index (κ3) is 2.03. The van der Waals surface area contributed by atoms with Gasteiger partial charge in [0.25, 0.3) is 5.91 Å². The first kappa shape index (κ1) is 11.4. The maximum absolute atomic E-state index is 12.1. The van der Waals surface area contributed by atoms with Crippen molar-refractivity contribution >= 4 is 34.8 Å². The minimum absolute atomic E-state index is 0.0639. The van der Waals surface area contributed by atoms with Crippen molar-refractivity contribution in [3.05, 3.63) is 34.9 Å². The minimum atomic E-state index is -0.0639. The van der Waals surface area contributed by atoms with Gasteiger partial charge in [-0.05, 0) is 36.5 Å². The zero-order valence-corrected chi connectivity index (χ0v) is 10.4. The fourth-order valence-corrected chi connectivity index (χ4v) is 1.98. The summed E-state index contributed by atoms with van der Waals surface area (Å²) in [4.78, 5) is 15.6. The number of thiocarbonyl (C=S) groups is 1. The zero-order chi connectivity index (χ0) is 11.7. The van der Waals surface area contributed by atoms with Crippen LogP contribution in [0.2, 0.25) is 5.02 Å². The minimum Gasteiger partial charge on any atom is -0.350 e. The Balaban J connectivity index is 2.20. The van der Waals surface area contributed by atoms with Gasteiger partial charge in [0.05, 0.1) is 0 Å². The van der Waals surface area contributed by atoms with Crippen LogP contribution in [-0.2, 0) is 0 Å². The highest BCUT2D eigenvalue weighted by molar-refractivity contribution is 7.80. The highest BCUT2D eigenvalue weighted by Gasteiger charge is 2.27. The summed E-state index contributed by atoms with van der Waals surface area (Å²) in [5.41, 5.74) is 0.613. The standard InChI is InChI=1S/C11H11ClN2OS/c1-13-6-7-14(11(13)16)10(15)8-2-4-9(12)5-3-8/h2-5H,6-7H2,1H3. The van der Waals surface area contributed by atoms with Crippen LogP contribution in [0.25, 0.3) is 0 Å². The summed E-state index contributed by atoms with van der Waals surface area (Å²) < 4.78 is 0. The number of carbonyl (C=O) groups excluding carboxylic acids is 1. The lowest BCUT2D eigenvalue weighted by atomic mass is 10.2. The molecule has 0 unspecified atom stereocenters. The van der Waals surface area contributed by atoms with Crippen LogP contribution in [0, 0.1) is 0 Å². The molecule has 3 nitrogen and oxygen atoms in total. The number of likely N-dealkylation sites (N-methyl/N-ethyl adjacent to an activating group) is 1. The summed E-state index contributed by atoms with van der Waals surface area (Å²) in [7, 11) is 1.89. The summed E-state index contributed by atoms with van der Waals surface area (Å²) in [6, 6.07) is 6.84. The van der Waals surface area contributed by atoms with Gasteiger partial charge >= 0.3 is 0 Å². The average Bonchev–Trinajstić information content (AvgIpc) is 2.60. The molecule has 16 heavy (non-hydrogen) atoms. The largest absolute Gasteiger partial charge is 0.350 e. The second-order valence-electron chi connectivity index (χ2n) is 3.67. The van der Waals surface area contributed by atoms with Gasteiger partial charge in [-0.1, -0.05) is 11.6 Å². The molecule has 0 bridgehead atoms. The van der Waals surface area contributed by atoms with Gasteiger partial charge < -0.3 is 4.90 Å². The highest BCUT2D eigenvalue weighted by atomic mass is 35.5. The number of hydrogen-bond acceptors (Lipinski definition) is 2. The Morgan fingerprint density at radius 3 is 2.44 bits per heavy atom. The van der Waals surface area contributed by atoms with Gasteiger partial charge in [0.1, 0.15) is 0 Å². The molecule has 0 radical (unpaired) electrons. The molecule has 0 saturated carbocycles. The van der Waals surface area contributed by atoms with Crippen molar-refractivity contribution in [2.75, 3.05) is 20.1 Å². The fraction of sp³-hybridized carbons (Fsp3) is 0.273. The number of benzene rings is 1. The molecule has 5 heteroatoms. The first-order valence-electron chi connectivity index (χ1n) is 4.92. The van der Waals surface area contributed by atoms with Crippen molar-refractivity contribution < 1.29 is 4.79 Å². The van der Waals surface area contributed by atoms with Crippen LogP contribution in [0.5, 0.6) is 0 Å². The Hall–Kier alpha value is -1.13. The second-order valence-corrected chi connectivity index (χ2v) is 4.47. The van der Waals surface area contributed by atoms with Gasteiger partial charge in [-0.2, -0.15) is 0 Å². The van der Waals surface area contributed by atoms with Crippen LogP contribution in [0.1, 0.15) is 10.4 Å². The first-order chi connectivity index (χ1) is 7.59. The van der Waals surface area contributed by atoms with Crippen molar-refractivity contribution in [1.29, 1.82) is 0 Å². The number of carbonyl (C=O) groups is 1. The van der Waals surface area contributed by atoms with E-state index in [-0.39, 0.29) is 5.91 Å². The molecule has 84 valence electrons. The number of amides is 1. The van der Waals surface area contributed by atoms with E-state index < -0.39 is 0 Å². The lowest BCUT2D eigenvalue weighted by Gasteiger charge is -2.17. The maximum Gasteiger partial charge on any atom is 0.260 e. The monoisotopic (exact) mass is 254 g/mol. The smallest absolute Gasteiger partial charge is 0.260 e. The van der Waals surface area contributed by atoms with E-state index in [0.717, 1.165) is 6.54 Å². The SMILES string of the molecule is CN1CCN(C(=O)c2ccc(Cl)cc2)C1=S. The third-order valence-corrected chi connectivity index (χ3v) is 3.34. The van der Waals surface area contributed by atoms with E-state index in [0.29, 0.717) is 22.2 Å². The van der Waals surface area contributed by atoms with Gasteiger partial charge in [-0.15, -0.1) is 0 Å². The lowest BCUT2D eigenvalue weighted by Crippen LogP contribution is -2.34. The molecule has 0 atom stereocenters. The van der Waals surface area contributed by atoms with Crippen LogP contribution in [0.3, 0.4) is 0 Å². The molecule has 1 aromatic carbocycles. The van der Waals surface area contributed by atoms with Gasteiger partial charge in [-0.25, -0.2) is 0 Å². The molecular formula is C11H11ClN2OS. The second kappa shape index (κ2) is 4.39. The summed E-state index contributed by atoms with van der Waals surface area (Å²) in [6.07, 6.45) is 0. The topological polar surface area (TPSA) is 23.6 Å². The molecule has 1 aliphatic rings. The Morgan fingerprint density at radius 2 is 1.94 bits per heavy atom. The van der Waals surface area contributed by atoms with E-state index in [1.54, 1.807) is 29.2 Å². The number of halogens is 1. The van der Waals surface area contributed by atoms with Crippen molar-refractivity contribution in [2.24, 2.45) is 0 Å². The lowest BCUT2D eigenvalue weighted by molar-refractivity contribution is 0.0861. The molecule has 0 aromatic heterocycles. The van der Waals surface area contributed by atoms with E-state index in [9.17, 15) is 4.79 Å². The van der Waals surface area contributed by atoms with Gasteiger partial charge in [0.2, 0.25) is 0 Å². The number of hydrogen-bond donors (Lipinski definition) is 0. The summed E-state index contributed by atoms with van der Waals surface area (Å²) in [5, 5.41) is 1.21. The zero-order valence-electron chi connectivity index (χ0n) is 8.81. The first-order valence-corrected chi connectivity index (χ1v) is 5.71. The Morgan fingerprint density at radius 1 is 1.31 bits per heavy atom. The van der Waals surface area contributed by atoms with E-state index in [1.807, 2.05) is 11.9 Å². The van der Waals surface area contributed by atoms with Crippen LogP contribution < -0.4 is 0 Å². The van der Waals surface area contributed by atoms with E-state index in [4.69, 9.17) is 23.8 Å². The van der Waals surface area contributed by atoms with E-state index >= 15 is 0 Å². The number of nitrogens with zero attached hydrogens (tertiary/aromatic N) is 2. The maximum atomic E-state index is 12.1. The molecular weight excluding hydrogens is 244 g/mol. The fourth-order valence-electron chi connectivity index (χ4n) is 1.58. The Labute approximate surface area is 105 Å². The van der Waals surface area contributed by atoms with Crippen LogP contribution >= 0.6 is 23.8 Å². The van der Waals surface area contributed by atoms with Gasteiger partial charge in [-0.3, -0.25) is 9.69 Å². The van der Waals surface area contributed by atoms with Crippen molar-refractivity contribution in [3.8, 4) is 0 Å². The van der Waals surface area contributed by atoms with E-state index in [1.165, 1.54) is 0 Å². The molecule has 1 fully saturated rings. The van der Waals surface area contributed by atoms with Gasteiger partial charge in [0.15, 0.2) is 5.11 Å². The van der Waals surface area contributed by atoms with Crippen LogP contribution in [0.15, 0.2) is 24.3 Å². The van der Waals surface area contributed by atoms with Crippen LogP contribution in [0.4, 0.5) is 0 Å². The molecule has 1 amide bonds. The molecule has 0 spiro atoms. The van der Waals surface area contributed by atoms with Crippen LogP contribution in [-0.4, -0.2) is 41.0 Å². The predicted octanol–water partition coefficient (Wildman–Crippen LogP) is 2.01. The summed E-state index contributed by atoms with van der Waals surface area (Å²) >= 11 is 10.9. The molecule has 1 aliphatic heterocycles. The molecule has 1 heterocycles. The Bertz CT molecular complexity index is 432. The van der Waals surface area contributed by atoms with Gasteiger partial charge in [0, 0.05) is 30.7 Å². The molecule has 0 aliphatic carbocycles. The summed E-state index contributed by atoms with van der Waals surface area (Å²) in [6.45, 7) is 1.44. The molecule has 1 saturated heterocycles. The van der Waals surface area contributed by atoms with E-state index in [2.05, 4.69) is 0 Å². The Kier molecular flexibility index (Phi) is 3.12.